The molecule has 0 aliphatic rings. The van der Waals surface area contributed by atoms with Gasteiger partial charge in [0.25, 0.3) is 0 Å². The molecule has 0 rings (SSSR count). The second-order valence-electron chi connectivity index (χ2n) is 12.1. The summed E-state index contributed by atoms with van der Waals surface area (Å²) in [6.07, 6.45) is 55.9. The standard InChI is InChI=1S/C39H70O/c1-3-4-5-6-7-8-9-10-11-12-13-14-15-16-17-18-19-20-21-22-23-24-25-26-27-28-29-30-31-32-33-34-35-36-37-38-39(2)40/h31-38H,3-30H2,1-2H3. The molecule has 0 aromatic carbocycles. The van der Waals surface area contributed by atoms with Crippen molar-refractivity contribution in [3.05, 3.63) is 48.6 Å². The van der Waals surface area contributed by atoms with Gasteiger partial charge in [0, 0.05) is 0 Å². The van der Waals surface area contributed by atoms with Crippen molar-refractivity contribution >= 4 is 5.78 Å². The highest BCUT2D eigenvalue weighted by Crippen LogP contribution is 2.16. The molecule has 0 aromatic heterocycles. The fourth-order valence-corrected chi connectivity index (χ4v) is 5.38. The Morgan fingerprint density at radius 3 is 0.975 bits per heavy atom. The van der Waals surface area contributed by atoms with Crippen LogP contribution in [0.5, 0.6) is 0 Å². The van der Waals surface area contributed by atoms with Crippen molar-refractivity contribution in [2.24, 2.45) is 0 Å². The molecular weight excluding hydrogens is 484 g/mol. The molecule has 0 unspecified atom stereocenters. The number of ketones is 1. The maximum absolute atomic E-state index is 10.8. The van der Waals surface area contributed by atoms with Crippen LogP contribution in [0.4, 0.5) is 0 Å². The van der Waals surface area contributed by atoms with Crippen LogP contribution in [0.1, 0.15) is 194 Å². The molecule has 0 N–H and O–H groups in total. The Hall–Kier alpha value is -1.37. The molecule has 232 valence electrons. The Labute approximate surface area is 252 Å². The number of hydrogen-bond acceptors (Lipinski definition) is 1. The molecule has 0 aliphatic carbocycles. The lowest BCUT2D eigenvalue weighted by Crippen LogP contribution is -1.84. The van der Waals surface area contributed by atoms with Crippen molar-refractivity contribution in [1.82, 2.24) is 0 Å². The van der Waals surface area contributed by atoms with E-state index in [1.54, 1.807) is 19.1 Å². The van der Waals surface area contributed by atoms with Gasteiger partial charge in [0.15, 0.2) is 5.78 Å². The van der Waals surface area contributed by atoms with Crippen molar-refractivity contribution in [1.29, 1.82) is 0 Å². The van der Waals surface area contributed by atoms with Crippen LogP contribution in [0.2, 0.25) is 0 Å². The predicted octanol–water partition coefficient (Wildman–Crippen LogP) is 13.7. The molecule has 0 aliphatic heterocycles. The molecule has 0 atom stereocenters. The van der Waals surface area contributed by atoms with Gasteiger partial charge in [-0.25, -0.2) is 0 Å². The second-order valence-corrected chi connectivity index (χ2v) is 12.1. The number of rotatable bonds is 32. The van der Waals surface area contributed by atoms with Crippen LogP contribution >= 0.6 is 0 Å². The minimum atomic E-state index is 0.0829. The molecule has 0 aromatic rings. The molecule has 0 bridgehead atoms. The van der Waals surface area contributed by atoms with E-state index in [9.17, 15) is 4.79 Å². The van der Waals surface area contributed by atoms with Crippen molar-refractivity contribution in [2.75, 3.05) is 0 Å². The van der Waals surface area contributed by atoms with E-state index >= 15 is 0 Å². The monoisotopic (exact) mass is 555 g/mol. The third-order valence-corrected chi connectivity index (χ3v) is 8.00. The summed E-state index contributed by atoms with van der Waals surface area (Å²) in [5.74, 6) is 0.0829. The summed E-state index contributed by atoms with van der Waals surface area (Å²) in [5.41, 5.74) is 0. The molecule has 1 heteroatoms. The molecule has 0 saturated heterocycles. The molecule has 0 amide bonds. The molecule has 0 radical (unpaired) electrons. The lowest BCUT2D eigenvalue weighted by molar-refractivity contribution is -0.112. The Morgan fingerprint density at radius 2 is 0.650 bits per heavy atom. The first-order chi connectivity index (χ1) is 19.8. The van der Waals surface area contributed by atoms with E-state index in [1.165, 1.54) is 180 Å². The topological polar surface area (TPSA) is 17.1 Å². The minimum Gasteiger partial charge on any atom is -0.295 e. The van der Waals surface area contributed by atoms with Gasteiger partial charge in [-0.1, -0.05) is 216 Å². The lowest BCUT2D eigenvalue weighted by atomic mass is 10.0. The SMILES string of the molecule is CCCCCCCCCCCCCCCCCCCCCCCCCCCCCC=CC=CC=CC=CC(C)=O. The van der Waals surface area contributed by atoms with Crippen molar-refractivity contribution in [3.63, 3.8) is 0 Å². The van der Waals surface area contributed by atoms with Gasteiger partial charge in [-0.15, -0.1) is 0 Å². The molecule has 0 heterocycles. The Kier molecular flexibility index (Phi) is 34.4. The number of carbonyl (C=O) groups is 1. The normalized spacial score (nSPS) is 12.2. The van der Waals surface area contributed by atoms with Crippen molar-refractivity contribution < 1.29 is 4.79 Å². The number of hydrogen-bond donors (Lipinski definition) is 0. The summed E-state index contributed by atoms with van der Waals surface area (Å²) in [6, 6.07) is 0. The van der Waals surface area contributed by atoms with E-state index in [-0.39, 0.29) is 5.78 Å². The first-order valence-corrected chi connectivity index (χ1v) is 17.9. The zero-order valence-corrected chi connectivity index (χ0v) is 27.3. The maximum atomic E-state index is 10.8. The zero-order chi connectivity index (χ0) is 29.0. The van der Waals surface area contributed by atoms with Gasteiger partial charge in [-0.2, -0.15) is 0 Å². The van der Waals surface area contributed by atoms with Crippen LogP contribution in [0.3, 0.4) is 0 Å². The summed E-state index contributed by atoms with van der Waals surface area (Å²) in [7, 11) is 0. The van der Waals surface area contributed by atoms with Crippen LogP contribution < -0.4 is 0 Å². The average molecular weight is 555 g/mol. The highest BCUT2D eigenvalue weighted by molar-refractivity contribution is 5.87. The highest BCUT2D eigenvalue weighted by Gasteiger charge is 1.96. The first-order valence-electron chi connectivity index (χ1n) is 17.9. The molecule has 0 spiro atoms. The molecule has 0 saturated carbocycles. The Bertz CT molecular complexity index is 608. The predicted molar refractivity (Wildman–Crippen MR) is 182 cm³/mol. The number of carbonyl (C=O) groups excluding carboxylic acids is 1. The van der Waals surface area contributed by atoms with E-state index in [0.29, 0.717) is 0 Å². The van der Waals surface area contributed by atoms with Crippen LogP contribution in [-0.4, -0.2) is 5.78 Å². The number of allylic oxidation sites excluding steroid dienone is 8. The lowest BCUT2D eigenvalue weighted by Gasteiger charge is -2.04. The fraction of sp³-hybridized carbons (Fsp3) is 0.769. The van der Waals surface area contributed by atoms with Crippen LogP contribution in [-0.2, 0) is 4.79 Å². The van der Waals surface area contributed by atoms with E-state index < -0.39 is 0 Å². The van der Waals surface area contributed by atoms with Gasteiger partial charge in [-0.3, -0.25) is 4.79 Å². The molecule has 1 nitrogen and oxygen atoms in total. The maximum Gasteiger partial charge on any atom is 0.152 e. The largest absolute Gasteiger partial charge is 0.295 e. The van der Waals surface area contributed by atoms with Gasteiger partial charge in [0.2, 0.25) is 0 Å². The summed E-state index contributed by atoms with van der Waals surface area (Å²) in [6.45, 7) is 3.86. The van der Waals surface area contributed by atoms with Gasteiger partial charge >= 0.3 is 0 Å². The fourth-order valence-electron chi connectivity index (χ4n) is 5.38. The average Bonchev–Trinajstić information content (AvgIpc) is 2.95. The molecule has 0 fully saturated rings. The highest BCUT2D eigenvalue weighted by atomic mass is 16.1. The van der Waals surface area contributed by atoms with Crippen molar-refractivity contribution in [2.45, 2.75) is 194 Å². The Morgan fingerprint density at radius 1 is 0.375 bits per heavy atom. The van der Waals surface area contributed by atoms with E-state index in [1.807, 2.05) is 18.2 Å². The number of unbranched alkanes of at least 4 members (excludes halogenated alkanes) is 27. The van der Waals surface area contributed by atoms with Gasteiger partial charge in [0.1, 0.15) is 0 Å². The summed E-state index contributed by atoms with van der Waals surface area (Å²) < 4.78 is 0. The van der Waals surface area contributed by atoms with Crippen LogP contribution in [0.15, 0.2) is 48.6 Å². The molecule has 40 heavy (non-hydrogen) atoms. The third kappa shape index (κ3) is 36.6. The minimum absolute atomic E-state index is 0.0829. The van der Waals surface area contributed by atoms with Gasteiger partial charge in [0.05, 0.1) is 0 Å². The smallest absolute Gasteiger partial charge is 0.152 e. The van der Waals surface area contributed by atoms with E-state index in [4.69, 9.17) is 0 Å². The third-order valence-electron chi connectivity index (χ3n) is 8.00. The quantitative estimate of drug-likeness (QED) is 0.0459. The zero-order valence-electron chi connectivity index (χ0n) is 27.3. The van der Waals surface area contributed by atoms with E-state index in [2.05, 4.69) is 25.2 Å². The first kappa shape index (κ1) is 38.6. The molecular formula is C39H70O. The summed E-state index contributed by atoms with van der Waals surface area (Å²) in [5, 5.41) is 0. The summed E-state index contributed by atoms with van der Waals surface area (Å²) in [4.78, 5) is 10.8. The van der Waals surface area contributed by atoms with Crippen molar-refractivity contribution in [3.8, 4) is 0 Å². The Balaban J connectivity index is 3.15. The van der Waals surface area contributed by atoms with E-state index in [0.717, 1.165) is 0 Å². The van der Waals surface area contributed by atoms with Crippen LogP contribution in [0.25, 0.3) is 0 Å². The summed E-state index contributed by atoms with van der Waals surface area (Å²) >= 11 is 0. The van der Waals surface area contributed by atoms with Gasteiger partial charge in [-0.05, 0) is 25.8 Å². The van der Waals surface area contributed by atoms with Gasteiger partial charge < -0.3 is 0 Å². The second kappa shape index (κ2) is 35.7. The van der Waals surface area contributed by atoms with Crippen LogP contribution in [0, 0.1) is 0 Å².